The fourth-order valence-corrected chi connectivity index (χ4v) is 1.98. The van der Waals surface area contributed by atoms with Gasteiger partial charge in [0.1, 0.15) is 0 Å². The standard InChI is InChI=1S/C12H26N2/c1-3-11(9-13)5-8-14-10-12(4-2)6-7-12/h11,14H,3-10,13H2,1-2H3. The van der Waals surface area contributed by atoms with Gasteiger partial charge in [0.05, 0.1) is 0 Å². The van der Waals surface area contributed by atoms with E-state index in [2.05, 4.69) is 19.2 Å². The van der Waals surface area contributed by atoms with E-state index in [1.54, 1.807) is 0 Å². The van der Waals surface area contributed by atoms with Gasteiger partial charge < -0.3 is 11.1 Å². The summed E-state index contributed by atoms with van der Waals surface area (Å²) in [4.78, 5) is 0. The second-order valence-corrected chi connectivity index (χ2v) is 4.83. The van der Waals surface area contributed by atoms with Crippen LogP contribution < -0.4 is 11.1 Å². The zero-order chi connectivity index (χ0) is 10.4. The fraction of sp³-hybridized carbons (Fsp3) is 1.00. The molecule has 1 aliphatic carbocycles. The first-order valence-corrected chi connectivity index (χ1v) is 6.17. The highest BCUT2D eigenvalue weighted by Crippen LogP contribution is 2.47. The first-order chi connectivity index (χ1) is 6.76. The Labute approximate surface area is 88.6 Å². The first-order valence-electron chi connectivity index (χ1n) is 6.17. The Balaban J connectivity index is 1.99. The van der Waals surface area contributed by atoms with Crippen molar-refractivity contribution in [1.29, 1.82) is 0 Å². The molecule has 0 aromatic rings. The van der Waals surface area contributed by atoms with E-state index in [-0.39, 0.29) is 0 Å². The molecule has 0 aromatic carbocycles. The van der Waals surface area contributed by atoms with Gasteiger partial charge in [-0.05, 0) is 50.1 Å². The number of nitrogens with one attached hydrogen (secondary N) is 1. The quantitative estimate of drug-likeness (QED) is 0.586. The zero-order valence-electron chi connectivity index (χ0n) is 9.81. The van der Waals surface area contributed by atoms with Gasteiger partial charge in [0.2, 0.25) is 0 Å². The maximum Gasteiger partial charge on any atom is 0.000771 e. The Bertz CT molecular complexity index is 148. The zero-order valence-corrected chi connectivity index (χ0v) is 9.81. The van der Waals surface area contributed by atoms with Crippen LogP contribution in [0, 0.1) is 11.3 Å². The average molecular weight is 198 g/mol. The van der Waals surface area contributed by atoms with Crippen molar-refractivity contribution in [3.63, 3.8) is 0 Å². The minimum absolute atomic E-state index is 0.685. The van der Waals surface area contributed by atoms with Crippen molar-refractivity contribution in [3.8, 4) is 0 Å². The smallest absolute Gasteiger partial charge is 0.000771 e. The summed E-state index contributed by atoms with van der Waals surface area (Å²) < 4.78 is 0. The molecule has 2 nitrogen and oxygen atoms in total. The molecule has 0 amide bonds. The molecule has 0 spiro atoms. The van der Waals surface area contributed by atoms with E-state index in [4.69, 9.17) is 5.73 Å². The largest absolute Gasteiger partial charge is 0.330 e. The molecule has 1 rings (SSSR count). The van der Waals surface area contributed by atoms with Crippen LogP contribution in [-0.4, -0.2) is 19.6 Å². The molecule has 84 valence electrons. The minimum Gasteiger partial charge on any atom is -0.330 e. The van der Waals surface area contributed by atoms with Gasteiger partial charge in [0.25, 0.3) is 0 Å². The Morgan fingerprint density at radius 1 is 1.36 bits per heavy atom. The summed E-state index contributed by atoms with van der Waals surface area (Å²) in [6, 6.07) is 0. The lowest BCUT2D eigenvalue weighted by Crippen LogP contribution is -2.27. The van der Waals surface area contributed by atoms with Crippen molar-refractivity contribution in [1.82, 2.24) is 5.32 Å². The molecule has 1 unspecified atom stereocenters. The van der Waals surface area contributed by atoms with E-state index in [1.807, 2.05) is 0 Å². The molecule has 0 heterocycles. The molecule has 0 aliphatic heterocycles. The average Bonchev–Trinajstić information content (AvgIpc) is 2.99. The van der Waals surface area contributed by atoms with Gasteiger partial charge in [-0.25, -0.2) is 0 Å². The molecule has 2 heteroatoms. The van der Waals surface area contributed by atoms with Crippen LogP contribution in [0.25, 0.3) is 0 Å². The van der Waals surface area contributed by atoms with Gasteiger partial charge in [0, 0.05) is 6.54 Å². The van der Waals surface area contributed by atoms with Gasteiger partial charge in [-0.15, -0.1) is 0 Å². The van der Waals surface area contributed by atoms with Crippen molar-refractivity contribution in [2.24, 2.45) is 17.1 Å². The summed E-state index contributed by atoms with van der Waals surface area (Å²) in [5.41, 5.74) is 6.35. The Kier molecular flexibility index (Phi) is 4.90. The third-order valence-electron chi connectivity index (χ3n) is 3.85. The van der Waals surface area contributed by atoms with Crippen molar-refractivity contribution in [2.75, 3.05) is 19.6 Å². The lowest BCUT2D eigenvalue weighted by Gasteiger charge is -2.16. The minimum atomic E-state index is 0.685. The number of hydrogen-bond acceptors (Lipinski definition) is 2. The first kappa shape index (κ1) is 12.0. The van der Waals surface area contributed by atoms with E-state index in [0.717, 1.165) is 19.0 Å². The summed E-state index contributed by atoms with van der Waals surface area (Å²) in [6.45, 7) is 7.76. The van der Waals surface area contributed by atoms with Crippen LogP contribution in [-0.2, 0) is 0 Å². The van der Waals surface area contributed by atoms with E-state index >= 15 is 0 Å². The van der Waals surface area contributed by atoms with Crippen LogP contribution in [0.1, 0.15) is 46.0 Å². The SMILES string of the molecule is CCC(CN)CCNCC1(CC)CC1. The molecule has 1 aliphatic rings. The van der Waals surface area contributed by atoms with Crippen molar-refractivity contribution in [2.45, 2.75) is 46.0 Å². The summed E-state index contributed by atoms with van der Waals surface area (Å²) in [5, 5.41) is 3.58. The van der Waals surface area contributed by atoms with E-state index in [0.29, 0.717) is 5.41 Å². The lowest BCUT2D eigenvalue weighted by atomic mass is 10.0. The van der Waals surface area contributed by atoms with E-state index in [9.17, 15) is 0 Å². The monoisotopic (exact) mass is 198 g/mol. The van der Waals surface area contributed by atoms with Crippen LogP contribution in [0.4, 0.5) is 0 Å². The molecule has 1 saturated carbocycles. The van der Waals surface area contributed by atoms with Gasteiger partial charge in [0.15, 0.2) is 0 Å². The van der Waals surface area contributed by atoms with E-state index in [1.165, 1.54) is 38.6 Å². The predicted molar refractivity (Wildman–Crippen MR) is 62.3 cm³/mol. The third-order valence-corrected chi connectivity index (χ3v) is 3.85. The third kappa shape index (κ3) is 3.58. The molecule has 0 bridgehead atoms. The second kappa shape index (κ2) is 5.72. The van der Waals surface area contributed by atoms with Crippen LogP contribution in [0.5, 0.6) is 0 Å². The van der Waals surface area contributed by atoms with Crippen molar-refractivity contribution < 1.29 is 0 Å². The number of nitrogens with two attached hydrogens (primary N) is 1. The molecular formula is C12H26N2. The normalized spacial score (nSPS) is 20.8. The summed E-state index contributed by atoms with van der Waals surface area (Å²) >= 11 is 0. The fourth-order valence-electron chi connectivity index (χ4n) is 1.98. The predicted octanol–water partition coefficient (Wildman–Crippen LogP) is 2.14. The molecule has 3 N–H and O–H groups in total. The highest BCUT2D eigenvalue weighted by atomic mass is 14.9. The highest BCUT2D eigenvalue weighted by molar-refractivity contribution is 4.93. The molecular weight excluding hydrogens is 172 g/mol. The van der Waals surface area contributed by atoms with Crippen LogP contribution in [0.15, 0.2) is 0 Å². The molecule has 1 atom stereocenters. The molecule has 0 saturated heterocycles. The summed E-state index contributed by atoms with van der Waals surface area (Å²) in [7, 11) is 0. The summed E-state index contributed by atoms with van der Waals surface area (Å²) in [6.07, 6.45) is 6.67. The molecule has 0 radical (unpaired) electrons. The number of hydrogen-bond donors (Lipinski definition) is 2. The molecule has 0 aromatic heterocycles. The summed E-state index contributed by atoms with van der Waals surface area (Å²) in [5.74, 6) is 0.722. The van der Waals surface area contributed by atoms with Gasteiger partial charge >= 0.3 is 0 Å². The maximum absolute atomic E-state index is 5.66. The maximum atomic E-state index is 5.66. The second-order valence-electron chi connectivity index (χ2n) is 4.83. The number of rotatable bonds is 8. The Morgan fingerprint density at radius 2 is 2.07 bits per heavy atom. The Hall–Kier alpha value is -0.0800. The van der Waals surface area contributed by atoms with Crippen LogP contribution in [0.3, 0.4) is 0 Å². The van der Waals surface area contributed by atoms with Gasteiger partial charge in [-0.2, -0.15) is 0 Å². The van der Waals surface area contributed by atoms with E-state index < -0.39 is 0 Å². The molecule has 14 heavy (non-hydrogen) atoms. The van der Waals surface area contributed by atoms with Crippen molar-refractivity contribution >= 4 is 0 Å². The highest BCUT2D eigenvalue weighted by Gasteiger charge is 2.39. The van der Waals surface area contributed by atoms with Crippen LogP contribution in [0.2, 0.25) is 0 Å². The van der Waals surface area contributed by atoms with Crippen molar-refractivity contribution in [3.05, 3.63) is 0 Å². The van der Waals surface area contributed by atoms with Crippen LogP contribution >= 0.6 is 0 Å². The van der Waals surface area contributed by atoms with Gasteiger partial charge in [-0.3, -0.25) is 0 Å². The topological polar surface area (TPSA) is 38.0 Å². The molecule has 1 fully saturated rings. The van der Waals surface area contributed by atoms with Gasteiger partial charge in [-0.1, -0.05) is 20.3 Å². The Morgan fingerprint density at radius 3 is 2.50 bits per heavy atom. The lowest BCUT2D eigenvalue weighted by molar-refractivity contribution is 0.409.